The van der Waals surface area contributed by atoms with Gasteiger partial charge >= 0.3 is 0 Å². The molecule has 1 aromatic rings. The molecule has 1 atom stereocenters. The van der Waals surface area contributed by atoms with Crippen LogP contribution in [0.5, 0.6) is 0 Å². The lowest BCUT2D eigenvalue weighted by Crippen LogP contribution is -2.45. The third-order valence-corrected chi connectivity index (χ3v) is 4.39. The van der Waals surface area contributed by atoms with Gasteiger partial charge in [0, 0.05) is 44.9 Å². The Hall–Kier alpha value is -1.30. The van der Waals surface area contributed by atoms with E-state index in [1.165, 1.54) is 12.8 Å². The number of methoxy groups -OCH3 is 1. The molecule has 0 spiro atoms. The molecule has 1 aromatic carbocycles. The average molecular weight is 339 g/mol. The molecular weight excluding hydrogens is 312 g/mol. The SMILES string of the molecule is CN=C(NCc1cccc(Cl)c1)NCC1CCCN1CCOC. The van der Waals surface area contributed by atoms with E-state index in [4.69, 9.17) is 16.3 Å². The molecule has 6 heteroatoms. The fourth-order valence-electron chi connectivity index (χ4n) is 2.90. The predicted molar refractivity (Wildman–Crippen MR) is 96.1 cm³/mol. The zero-order valence-electron chi connectivity index (χ0n) is 14.0. The van der Waals surface area contributed by atoms with E-state index in [-0.39, 0.29) is 0 Å². The highest BCUT2D eigenvalue weighted by Gasteiger charge is 2.23. The molecule has 2 N–H and O–H groups in total. The molecule has 0 aliphatic carbocycles. The summed E-state index contributed by atoms with van der Waals surface area (Å²) in [4.78, 5) is 6.78. The minimum absolute atomic E-state index is 0.551. The van der Waals surface area contributed by atoms with Crippen LogP contribution in [0.3, 0.4) is 0 Å². The quantitative estimate of drug-likeness (QED) is 0.590. The van der Waals surface area contributed by atoms with E-state index in [0.717, 1.165) is 42.8 Å². The topological polar surface area (TPSA) is 48.9 Å². The lowest BCUT2D eigenvalue weighted by atomic mass is 10.2. The van der Waals surface area contributed by atoms with Gasteiger partial charge in [0.1, 0.15) is 0 Å². The standard InChI is InChI=1S/C17H27ClN4O/c1-19-17(20-12-14-5-3-6-15(18)11-14)21-13-16-7-4-8-22(16)9-10-23-2/h3,5-6,11,16H,4,7-10,12-13H2,1-2H3,(H2,19,20,21). The second-order valence-electron chi connectivity index (χ2n) is 5.76. The van der Waals surface area contributed by atoms with Crippen molar-refractivity contribution in [2.75, 3.05) is 40.4 Å². The van der Waals surface area contributed by atoms with Crippen molar-refractivity contribution in [1.82, 2.24) is 15.5 Å². The van der Waals surface area contributed by atoms with Crippen molar-refractivity contribution in [2.45, 2.75) is 25.4 Å². The number of guanidine groups is 1. The molecule has 2 rings (SSSR count). The van der Waals surface area contributed by atoms with Gasteiger partial charge in [0.2, 0.25) is 0 Å². The van der Waals surface area contributed by atoms with Crippen LogP contribution < -0.4 is 10.6 Å². The number of hydrogen-bond donors (Lipinski definition) is 2. The number of nitrogens with one attached hydrogen (secondary N) is 2. The van der Waals surface area contributed by atoms with Crippen LogP contribution in [0, 0.1) is 0 Å². The van der Waals surface area contributed by atoms with Crippen molar-refractivity contribution in [2.24, 2.45) is 4.99 Å². The summed E-state index contributed by atoms with van der Waals surface area (Å²) in [6.45, 7) is 4.55. The smallest absolute Gasteiger partial charge is 0.191 e. The van der Waals surface area contributed by atoms with Crippen LogP contribution in [0.1, 0.15) is 18.4 Å². The molecule has 0 bridgehead atoms. The molecule has 1 aliphatic rings. The van der Waals surface area contributed by atoms with E-state index in [2.05, 4.69) is 26.6 Å². The molecule has 1 saturated heterocycles. The maximum atomic E-state index is 6.01. The van der Waals surface area contributed by atoms with E-state index >= 15 is 0 Å². The Morgan fingerprint density at radius 3 is 3.04 bits per heavy atom. The monoisotopic (exact) mass is 338 g/mol. The summed E-state index contributed by atoms with van der Waals surface area (Å²) in [5.74, 6) is 0.823. The van der Waals surface area contributed by atoms with Gasteiger partial charge in [-0.15, -0.1) is 0 Å². The van der Waals surface area contributed by atoms with Gasteiger partial charge in [-0.1, -0.05) is 23.7 Å². The van der Waals surface area contributed by atoms with Crippen molar-refractivity contribution in [3.05, 3.63) is 34.9 Å². The van der Waals surface area contributed by atoms with E-state index in [0.29, 0.717) is 12.6 Å². The molecule has 1 heterocycles. The van der Waals surface area contributed by atoms with Crippen LogP contribution in [0.4, 0.5) is 0 Å². The molecular formula is C17H27ClN4O. The Kier molecular flexibility index (Phi) is 7.65. The normalized spacial score (nSPS) is 19.1. The summed E-state index contributed by atoms with van der Waals surface area (Å²) in [6.07, 6.45) is 2.48. The highest BCUT2D eigenvalue weighted by atomic mass is 35.5. The van der Waals surface area contributed by atoms with Gasteiger partial charge < -0.3 is 15.4 Å². The van der Waals surface area contributed by atoms with Crippen LogP contribution >= 0.6 is 11.6 Å². The number of hydrogen-bond acceptors (Lipinski definition) is 3. The Morgan fingerprint density at radius 1 is 1.43 bits per heavy atom. The first-order valence-corrected chi connectivity index (χ1v) is 8.52. The number of halogens is 1. The lowest BCUT2D eigenvalue weighted by molar-refractivity contribution is 0.141. The maximum absolute atomic E-state index is 6.01. The highest BCUT2D eigenvalue weighted by molar-refractivity contribution is 6.30. The largest absolute Gasteiger partial charge is 0.383 e. The van der Waals surface area contributed by atoms with Crippen molar-refractivity contribution < 1.29 is 4.74 Å². The Labute approximate surface area is 144 Å². The van der Waals surface area contributed by atoms with E-state index < -0.39 is 0 Å². The van der Waals surface area contributed by atoms with Gasteiger partial charge in [0.15, 0.2) is 5.96 Å². The molecule has 1 fully saturated rings. The molecule has 23 heavy (non-hydrogen) atoms. The van der Waals surface area contributed by atoms with Crippen molar-refractivity contribution in [1.29, 1.82) is 0 Å². The predicted octanol–water partition coefficient (Wildman–Crippen LogP) is 2.12. The number of aliphatic imine (C=N–C) groups is 1. The zero-order valence-corrected chi connectivity index (χ0v) is 14.8. The Bertz CT molecular complexity index is 509. The van der Waals surface area contributed by atoms with Gasteiger partial charge in [-0.2, -0.15) is 0 Å². The van der Waals surface area contributed by atoms with Gasteiger partial charge in [-0.25, -0.2) is 0 Å². The zero-order chi connectivity index (χ0) is 16.5. The number of nitrogens with zero attached hydrogens (tertiary/aromatic N) is 2. The van der Waals surface area contributed by atoms with Gasteiger partial charge in [0.05, 0.1) is 6.61 Å². The first-order chi connectivity index (χ1) is 11.2. The second-order valence-corrected chi connectivity index (χ2v) is 6.20. The molecule has 0 saturated carbocycles. The molecule has 0 aromatic heterocycles. The van der Waals surface area contributed by atoms with Gasteiger partial charge in [-0.3, -0.25) is 9.89 Å². The van der Waals surface area contributed by atoms with Gasteiger partial charge in [0.25, 0.3) is 0 Å². The molecule has 1 unspecified atom stereocenters. The lowest BCUT2D eigenvalue weighted by Gasteiger charge is -2.25. The molecule has 1 aliphatic heterocycles. The maximum Gasteiger partial charge on any atom is 0.191 e. The fraction of sp³-hybridized carbons (Fsp3) is 0.588. The van der Waals surface area contributed by atoms with E-state index in [1.54, 1.807) is 14.2 Å². The van der Waals surface area contributed by atoms with Gasteiger partial charge in [-0.05, 0) is 37.1 Å². The number of rotatable bonds is 7. The summed E-state index contributed by atoms with van der Waals surface area (Å²) in [5.41, 5.74) is 1.14. The van der Waals surface area contributed by atoms with Crippen molar-refractivity contribution >= 4 is 17.6 Å². The van der Waals surface area contributed by atoms with Crippen molar-refractivity contribution in [3.63, 3.8) is 0 Å². The Morgan fingerprint density at radius 2 is 2.30 bits per heavy atom. The van der Waals surface area contributed by atoms with Crippen LogP contribution in [0.25, 0.3) is 0 Å². The summed E-state index contributed by atoms with van der Waals surface area (Å²) < 4.78 is 5.19. The summed E-state index contributed by atoms with van der Waals surface area (Å²) in [5, 5.41) is 7.51. The minimum atomic E-state index is 0.551. The van der Waals surface area contributed by atoms with E-state index in [1.807, 2.05) is 18.2 Å². The summed E-state index contributed by atoms with van der Waals surface area (Å²) in [7, 11) is 3.55. The molecule has 128 valence electrons. The van der Waals surface area contributed by atoms with E-state index in [9.17, 15) is 0 Å². The third kappa shape index (κ3) is 6.01. The van der Waals surface area contributed by atoms with Crippen LogP contribution in [-0.2, 0) is 11.3 Å². The second kappa shape index (κ2) is 9.75. The first kappa shape index (κ1) is 18.0. The molecule has 5 nitrogen and oxygen atoms in total. The van der Waals surface area contributed by atoms with Crippen LogP contribution in [0.2, 0.25) is 5.02 Å². The first-order valence-electron chi connectivity index (χ1n) is 8.15. The minimum Gasteiger partial charge on any atom is -0.383 e. The molecule has 0 radical (unpaired) electrons. The average Bonchev–Trinajstić information content (AvgIpc) is 3.00. The van der Waals surface area contributed by atoms with Crippen molar-refractivity contribution in [3.8, 4) is 0 Å². The summed E-state index contributed by atoms with van der Waals surface area (Å²) >= 11 is 6.01. The van der Waals surface area contributed by atoms with Crippen LogP contribution in [-0.4, -0.2) is 57.3 Å². The number of likely N-dealkylation sites (tertiary alicyclic amines) is 1. The highest BCUT2D eigenvalue weighted by Crippen LogP contribution is 2.15. The fourth-order valence-corrected chi connectivity index (χ4v) is 3.11. The number of benzene rings is 1. The molecule has 0 amide bonds. The Balaban J connectivity index is 1.76. The van der Waals surface area contributed by atoms with Crippen LogP contribution in [0.15, 0.2) is 29.3 Å². The third-order valence-electron chi connectivity index (χ3n) is 4.16. The summed E-state index contributed by atoms with van der Waals surface area (Å²) in [6, 6.07) is 8.41. The number of ether oxygens (including phenoxy) is 1.